The van der Waals surface area contributed by atoms with Gasteiger partial charge in [-0.3, -0.25) is 14.9 Å². The highest BCUT2D eigenvalue weighted by Gasteiger charge is 2.23. The van der Waals surface area contributed by atoms with E-state index in [-0.39, 0.29) is 11.6 Å². The molecule has 2 heterocycles. The molecule has 0 bridgehead atoms. The number of hydrogen-bond donors (Lipinski definition) is 0. The predicted molar refractivity (Wildman–Crippen MR) is 99.3 cm³/mol. The Labute approximate surface area is 152 Å². The van der Waals surface area contributed by atoms with Gasteiger partial charge in [-0.2, -0.15) is 0 Å². The number of nitrogens with zero attached hydrogens (tertiary/aromatic N) is 4. The maximum atomic E-state index is 12.5. The van der Waals surface area contributed by atoms with Crippen molar-refractivity contribution in [3.63, 3.8) is 0 Å². The number of hydrogen-bond acceptors (Lipinski definition) is 5. The Morgan fingerprint density at radius 2 is 1.81 bits per heavy atom. The first-order valence-corrected chi connectivity index (χ1v) is 8.63. The maximum absolute atomic E-state index is 12.5. The van der Waals surface area contributed by atoms with Gasteiger partial charge >= 0.3 is 0 Å². The zero-order chi connectivity index (χ0) is 18.7. The van der Waals surface area contributed by atoms with Crippen LogP contribution < -0.4 is 4.90 Å². The number of rotatable bonds is 4. The molecule has 0 radical (unpaired) electrons. The topological polar surface area (TPSA) is 79.6 Å². The van der Waals surface area contributed by atoms with Crippen molar-refractivity contribution < 1.29 is 9.72 Å². The van der Waals surface area contributed by atoms with E-state index >= 15 is 0 Å². The third-order valence-electron chi connectivity index (χ3n) is 4.70. The molecule has 1 saturated heterocycles. The number of piperazine rings is 1. The van der Waals surface area contributed by atoms with Crippen LogP contribution in [0.25, 0.3) is 0 Å². The van der Waals surface area contributed by atoms with Gasteiger partial charge in [-0.25, -0.2) is 4.98 Å². The molecule has 1 fully saturated rings. The summed E-state index contributed by atoms with van der Waals surface area (Å²) in [6.45, 7) is 6.34. The molecule has 0 aliphatic carbocycles. The zero-order valence-electron chi connectivity index (χ0n) is 15.0. The molecule has 136 valence electrons. The lowest BCUT2D eigenvalue weighted by Crippen LogP contribution is -2.49. The minimum absolute atomic E-state index is 0.0284. The average molecular weight is 354 g/mol. The predicted octanol–water partition coefficient (Wildman–Crippen LogP) is 2.50. The highest BCUT2D eigenvalue weighted by atomic mass is 16.6. The summed E-state index contributed by atoms with van der Waals surface area (Å²) < 4.78 is 0. The maximum Gasteiger partial charge on any atom is 0.290 e. The highest BCUT2D eigenvalue weighted by molar-refractivity contribution is 5.79. The van der Waals surface area contributed by atoms with Crippen molar-refractivity contribution >= 4 is 17.4 Å². The van der Waals surface area contributed by atoms with Crippen LogP contribution in [0.1, 0.15) is 16.7 Å². The fourth-order valence-corrected chi connectivity index (χ4v) is 3.08. The minimum atomic E-state index is -0.423. The van der Waals surface area contributed by atoms with Crippen LogP contribution in [0.3, 0.4) is 0 Å². The summed E-state index contributed by atoms with van der Waals surface area (Å²) in [5.74, 6) is 0.847. The molecule has 7 heteroatoms. The van der Waals surface area contributed by atoms with Crippen LogP contribution in [0.5, 0.6) is 0 Å². The Morgan fingerprint density at radius 3 is 2.38 bits per heavy atom. The summed E-state index contributed by atoms with van der Waals surface area (Å²) in [4.78, 5) is 31.1. The van der Waals surface area contributed by atoms with E-state index in [1.807, 2.05) is 36.1 Å². The molecule has 1 aromatic heterocycles. The molecule has 0 saturated carbocycles. The van der Waals surface area contributed by atoms with Gasteiger partial charge in [0, 0.05) is 31.7 Å². The Bertz CT molecular complexity index is 812. The SMILES string of the molecule is Cc1ccc(CC(=O)N2CCN(c3cc(C)c([N+](=O)[O-])cn3)CC2)cc1. The van der Waals surface area contributed by atoms with Crippen LogP contribution in [-0.2, 0) is 11.2 Å². The first-order valence-electron chi connectivity index (χ1n) is 8.63. The Hall–Kier alpha value is -2.96. The van der Waals surface area contributed by atoms with Crippen molar-refractivity contribution in [3.8, 4) is 0 Å². The van der Waals surface area contributed by atoms with Crippen molar-refractivity contribution in [3.05, 3.63) is 63.3 Å². The van der Waals surface area contributed by atoms with Crippen LogP contribution in [0.2, 0.25) is 0 Å². The highest BCUT2D eigenvalue weighted by Crippen LogP contribution is 2.22. The second kappa shape index (κ2) is 7.51. The van der Waals surface area contributed by atoms with Crippen molar-refractivity contribution in [2.24, 2.45) is 0 Å². The molecule has 0 spiro atoms. The van der Waals surface area contributed by atoms with E-state index in [0.29, 0.717) is 38.2 Å². The summed E-state index contributed by atoms with van der Waals surface area (Å²) >= 11 is 0. The summed E-state index contributed by atoms with van der Waals surface area (Å²) in [7, 11) is 0. The Balaban J connectivity index is 1.58. The number of benzene rings is 1. The fourth-order valence-electron chi connectivity index (χ4n) is 3.08. The fraction of sp³-hybridized carbons (Fsp3) is 0.368. The van der Waals surface area contributed by atoms with Crippen molar-refractivity contribution in [2.75, 3.05) is 31.1 Å². The number of amides is 1. The van der Waals surface area contributed by atoms with Crippen LogP contribution in [0.15, 0.2) is 36.5 Å². The smallest absolute Gasteiger partial charge is 0.290 e. The molecular weight excluding hydrogens is 332 g/mol. The third kappa shape index (κ3) is 3.99. The van der Waals surface area contributed by atoms with Gasteiger partial charge in [0.1, 0.15) is 12.0 Å². The van der Waals surface area contributed by atoms with Gasteiger partial charge in [0.05, 0.1) is 11.3 Å². The number of carbonyl (C=O) groups excluding carboxylic acids is 1. The van der Waals surface area contributed by atoms with Crippen LogP contribution in [0.4, 0.5) is 11.5 Å². The van der Waals surface area contributed by atoms with Crippen LogP contribution in [0, 0.1) is 24.0 Å². The van der Waals surface area contributed by atoms with E-state index in [2.05, 4.69) is 9.88 Å². The summed E-state index contributed by atoms with van der Waals surface area (Å²) in [6, 6.07) is 9.76. The minimum Gasteiger partial charge on any atom is -0.353 e. The van der Waals surface area contributed by atoms with E-state index in [4.69, 9.17) is 0 Å². The van der Waals surface area contributed by atoms with Crippen molar-refractivity contribution in [1.29, 1.82) is 0 Å². The lowest BCUT2D eigenvalue weighted by atomic mass is 10.1. The van der Waals surface area contributed by atoms with Gasteiger partial charge in [-0.05, 0) is 25.5 Å². The van der Waals surface area contributed by atoms with Crippen LogP contribution in [-0.4, -0.2) is 46.9 Å². The molecule has 1 aromatic carbocycles. The van der Waals surface area contributed by atoms with Gasteiger partial charge in [-0.15, -0.1) is 0 Å². The molecule has 0 atom stereocenters. The summed E-state index contributed by atoms with van der Waals surface area (Å²) in [5.41, 5.74) is 2.83. The Kier molecular flexibility index (Phi) is 5.16. The Morgan fingerprint density at radius 1 is 1.15 bits per heavy atom. The lowest BCUT2D eigenvalue weighted by Gasteiger charge is -2.35. The van der Waals surface area contributed by atoms with Crippen LogP contribution >= 0.6 is 0 Å². The molecule has 1 amide bonds. The molecule has 0 unspecified atom stereocenters. The number of aryl methyl sites for hydroxylation is 2. The summed E-state index contributed by atoms with van der Waals surface area (Å²) in [5, 5.41) is 10.9. The first kappa shape index (κ1) is 17.8. The molecule has 0 N–H and O–H groups in total. The second-order valence-electron chi connectivity index (χ2n) is 6.62. The molecular formula is C19H22N4O3. The van der Waals surface area contributed by atoms with Gasteiger partial charge in [0.25, 0.3) is 5.69 Å². The van der Waals surface area contributed by atoms with E-state index < -0.39 is 4.92 Å². The third-order valence-corrected chi connectivity index (χ3v) is 4.70. The monoisotopic (exact) mass is 354 g/mol. The number of anilines is 1. The molecule has 2 aromatic rings. The number of aromatic nitrogens is 1. The molecule has 1 aliphatic rings. The van der Waals surface area contributed by atoms with Gasteiger partial charge in [-0.1, -0.05) is 29.8 Å². The lowest BCUT2D eigenvalue weighted by molar-refractivity contribution is -0.385. The largest absolute Gasteiger partial charge is 0.353 e. The second-order valence-corrected chi connectivity index (χ2v) is 6.62. The number of pyridine rings is 1. The number of carbonyl (C=O) groups is 1. The van der Waals surface area contributed by atoms with E-state index in [9.17, 15) is 14.9 Å². The van der Waals surface area contributed by atoms with Gasteiger partial charge in [0.2, 0.25) is 5.91 Å². The van der Waals surface area contributed by atoms with E-state index in [1.165, 1.54) is 11.8 Å². The summed E-state index contributed by atoms with van der Waals surface area (Å²) in [6.07, 6.45) is 1.72. The van der Waals surface area contributed by atoms with E-state index in [0.717, 1.165) is 11.4 Å². The first-order chi connectivity index (χ1) is 12.4. The number of nitro groups is 1. The van der Waals surface area contributed by atoms with E-state index in [1.54, 1.807) is 13.0 Å². The van der Waals surface area contributed by atoms with Crippen molar-refractivity contribution in [2.45, 2.75) is 20.3 Å². The molecule has 26 heavy (non-hydrogen) atoms. The standard InChI is InChI=1S/C19H22N4O3/c1-14-3-5-16(6-4-14)12-19(24)22-9-7-21(8-10-22)18-11-15(2)17(13-20-18)23(25)26/h3-6,11,13H,7-10,12H2,1-2H3. The quantitative estimate of drug-likeness (QED) is 0.622. The average Bonchev–Trinajstić information content (AvgIpc) is 2.63. The van der Waals surface area contributed by atoms with Crippen molar-refractivity contribution in [1.82, 2.24) is 9.88 Å². The molecule has 3 rings (SSSR count). The molecule has 1 aliphatic heterocycles. The molecule has 7 nitrogen and oxygen atoms in total. The van der Waals surface area contributed by atoms with Gasteiger partial charge < -0.3 is 9.80 Å². The normalized spacial score (nSPS) is 14.4. The van der Waals surface area contributed by atoms with Gasteiger partial charge in [0.15, 0.2) is 0 Å². The zero-order valence-corrected chi connectivity index (χ0v) is 15.0.